The largest absolute Gasteiger partial charge is 0.378 e. The molecular formula is C19H25N5. The van der Waals surface area contributed by atoms with Crippen LogP contribution in [-0.2, 0) is 0 Å². The molecule has 0 aliphatic carbocycles. The predicted octanol–water partition coefficient (Wildman–Crippen LogP) is 2.35. The van der Waals surface area contributed by atoms with E-state index < -0.39 is 0 Å². The van der Waals surface area contributed by atoms with Crippen LogP contribution in [0.4, 0.5) is 11.6 Å². The maximum absolute atomic E-state index is 4.83. The highest BCUT2D eigenvalue weighted by molar-refractivity contribution is 5.63. The van der Waals surface area contributed by atoms with Crippen LogP contribution in [0.3, 0.4) is 0 Å². The number of fused-ring (bicyclic) bond motifs is 1. The third-order valence-electron chi connectivity index (χ3n) is 5.43. The molecule has 3 heterocycles. The molecule has 0 bridgehead atoms. The van der Waals surface area contributed by atoms with Crippen molar-refractivity contribution < 1.29 is 0 Å². The summed E-state index contributed by atoms with van der Waals surface area (Å²) in [6.07, 6.45) is 3.18. The first-order chi connectivity index (χ1) is 11.6. The molecule has 24 heavy (non-hydrogen) atoms. The summed E-state index contributed by atoms with van der Waals surface area (Å²) in [4.78, 5) is 16.3. The van der Waals surface area contributed by atoms with Crippen LogP contribution in [0.5, 0.6) is 0 Å². The summed E-state index contributed by atoms with van der Waals surface area (Å²) in [5.74, 6) is 1.63. The highest BCUT2D eigenvalue weighted by atomic mass is 15.3. The Hall–Kier alpha value is -2.14. The quantitative estimate of drug-likeness (QED) is 0.866. The topological polar surface area (TPSA) is 35.5 Å². The maximum atomic E-state index is 4.83. The van der Waals surface area contributed by atoms with Gasteiger partial charge in [-0.05, 0) is 44.1 Å². The van der Waals surface area contributed by atoms with Crippen LogP contribution in [-0.4, -0.2) is 61.7 Å². The molecule has 2 fully saturated rings. The van der Waals surface area contributed by atoms with Gasteiger partial charge in [-0.1, -0.05) is 12.1 Å². The standard InChI is InChI=1S/C19H25N5/c1-22(2)16-6-4-14(5-7-16)17-8-10-20-19(21-17)24-12-15-9-11-23(3)18(15)13-24/h4-8,10,15,18H,9,11-13H2,1-3H3/t15-,18+/m0/s1. The summed E-state index contributed by atoms with van der Waals surface area (Å²) >= 11 is 0. The normalized spacial score (nSPS) is 23.5. The number of rotatable bonds is 3. The van der Waals surface area contributed by atoms with Crippen molar-refractivity contribution in [1.82, 2.24) is 14.9 Å². The second kappa shape index (κ2) is 6.06. The molecule has 0 saturated carbocycles. The van der Waals surface area contributed by atoms with Gasteiger partial charge in [-0.15, -0.1) is 0 Å². The Morgan fingerprint density at radius 1 is 1.08 bits per heavy atom. The van der Waals surface area contributed by atoms with Crippen LogP contribution in [0.25, 0.3) is 11.3 Å². The first kappa shape index (κ1) is 15.4. The summed E-state index contributed by atoms with van der Waals surface area (Å²) in [6.45, 7) is 3.35. The average molecular weight is 323 g/mol. The van der Waals surface area contributed by atoms with Crippen LogP contribution in [0.15, 0.2) is 36.5 Å². The third kappa shape index (κ3) is 2.73. The van der Waals surface area contributed by atoms with E-state index in [-0.39, 0.29) is 0 Å². The monoisotopic (exact) mass is 323 g/mol. The Morgan fingerprint density at radius 2 is 1.88 bits per heavy atom. The van der Waals surface area contributed by atoms with Crippen LogP contribution < -0.4 is 9.80 Å². The number of likely N-dealkylation sites (N-methyl/N-ethyl adjacent to an activating group) is 1. The SMILES string of the molecule is CN(C)c1ccc(-c2ccnc(N3C[C@@H]4CCN(C)[C@@H]4C3)n2)cc1. The minimum absolute atomic E-state index is 0.664. The fourth-order valence-corrected chi connectivity index (χ4v) is 3.93. The number of anilines is 2. The minimum Gasteiger partial charge on any atom is -0.378 e. The summed E-state index contributed by atoms with van der Waals surface area (Å²) in [6, 6.07) is 11.2. The Labute approximate surface area is 143 Å². The van der Waals surface area contributed by atoms with Crippen LogP contribution in [0, 0.1) is 5.92 Å². The van der Waals surface area contributed by atoms with Gasteiger partial charge in [-0.3, -0.25) is 0 Å². The van der Waals surface area contributed by atoms with Gasteiger partial charge < -0.3 is 14.7 Å². The van der Waals surface area contributed by atoms with Gasteiger partial charge in [-0.2, -0.15) is 0 Å². The Kier molecular flexibility index (Phi) is 3.88. The lowest BCUT2D eigenvalue weighted by atomic mass is 10.1. The predicted molar refractivity (Wildman–Crippen MR) is 98.5 cm³/mol. The third-order valence-corrected chi connectivity index (χ3v) is 5.43. The van der Waals surface area contributed by atoms with Gasteiger partial charge in [0.15, 0.2) is 0 Å². The van der Waals surface area contributed by atoms with Crippen molar-refractivity contribution >= 4 is 11.6 Å². The van der Waals surface area contributed by atoms with Gasteiger partial charge in [0.1, 0.15) is 0 Å². The molecule has 1 aromatic heterocycles. The zero-order chi connectivity index (χ0) is 16.7. The van der Waals surface area contributed by atoms with Crippen molar-refractivity contribution in [2.45, 2.75) is 12.5 Å². The Balaban J connectivity index is 1.56. The van der Waals surface area contributed by atoms with E-state index in [2.05, 4.69) is 65.1 Å². The van der Waals surface area contributed by atoms with E-state index >= 15 is 0 Å². The molecule has 4 rings (SSSR count). The number of benzene rings is 1. The zero-order valence-electron chi connectivity index (χ0n) is 14.7. The van der Waals surface area contributed by atoms with Crippen LogP contribution in [0.2, 0.25) is 0 Å². The van der Waals surface area contributed by atoms with E-state index in [0.717, 1.165) is 36.2 Å². The van der Waals surface area contributed by atoms with Crippen molar-refractivity contribution in [3.05, 3.63) is 36.5 Å². The number of hydrogen-bond donors (Lipinski definition) is 0. The van der Waals surface area contributed by atoms with Gasteiger partial charge in [0, 0.05) is 50.7 Å². The van der Waals surface area contributed by atoms with E-state index in [1.165, 1.54) is 18.7 Å². The lowest BCUT2D eigenvalue weighted by Gasteiger charge is -2.21. The van der Waals surface area contributed by atoms with E-state index in [1.807, 2.05) is 12.3 Å². The minimum atomic E-state index is 0.664. The van der Waals surface area contributed by atoms with Crippen molar-refractivity contribution in [2.75, 3.05) is 50.6 Å². The lowest BCUT2D eigenvalue weighted by Crippen LogP contribution is -2.32. The molecule has 0 unspecified atom stereocenters. The molecular weight excluding hydrogens is 298 g/mol. The number of hydrogen-bond acceptors (Lipinski definition) is 5. The van der Waals surface area contributed by atoms with Gasteiger partial charge >= 0.3 is 0 Å². The van der Waals surface area contributed by atoms with E-state index in [1.54, 1.807) is 0 Å². The molecule has 5 nitrogen and oxygen atoms in total. The Bertz CT molecular complexity index is 712. The summed E-state index contributed by atoms with van der Waals surface area (Å²) in [7, 11) is 6.34. The summed E-state index contributed by atoms with van der Waals surface area (Å²) in [5, 5.41) is 0. The molecule has 126 valence electrons. The molecule has 2 aromatic rings. The maximum Gasteiger partial charge on any atom is 0.225 e. The van der Waals surface area contributed by atoms with Gasteiger partial charge in [-0.25, -0.2) is 9.97 Å². The molecule has 2 aliphatic heterocycles. The van der Waals surface area contributed by atoms with E-state index in [0.29, 0.717) is 6.04 Å². The highest BCUT2D eigenvalue weighted by Gasteiger charge is 2.40. The fourth-order valence-electron chi connectivity index (χ4n) is 3.93. The molecule has 0 N–H and O–H groups in total. The summed E-state index contributed by atoms with van der Waals surface area (Å²) in [5.41, 5.74) is 3.33. The van der Waals surface area contributed by atoms with Crippen LogP contribution >= 0.6 is 0 Å². The van der Waals surface area contributed by atoms with Crippen LogP contribution in [0.1, 0.15) is 6.42 Å². The molecule has 2 atom stereocenters. The van der Waals surface area contributed by atoms with Gasteiger partial charge in [0.2, 0.25) is 5.95 Å². The highest BCUT2D eigenvalue weighted by Crippen LogP contribution is 2.32. The van der Waals surface area contributed by atoms with Gasteiger partial charge in [0.25, 0.3) is 0 Å². The lowest BCUT2D eigenvalue weighted by molar-refractivity contribution is 0.310. The van der Waals surface area contributed by atoms with Gasteiger partial charge in [0.05, 0.1) is 5.69 Å². The Morgan fingerprint density at radius 3 is 2.58 bits per heavy atom. The fraction of sp³-hybridized carbons (Fsp3) is 0.474. The van der Waals surface area contributed by atoms with Crippen molar-refractivity contribution in [1.29, 1.82) is 0 Å². The van der Waals surface area contributed by atoms with Crippen molar-refractivity contribution in [3.63, 3.8) is 0 Å². The molecule has 1 aromatic carbocycles. The molecule has 5 heteroatoms. The second-order valence-corrected chi connectivity index (χ2v) is 7.18. The molecule has 2 saturated heterocycles. The van der Waals surface area contributed by atoms with E-state index in [4.69, 9.17) is 4.98 Å². The first-order valence-corrected chi connectivity index (χ1v) is 8.68. The average Bonchev–Trinajstić information content (AvgIpc) is 3.17. The van der Waals surface area contributed by atoms with E-state index in [9.17, 15) is 0 Å². The molecule has 0 spiro atoms. The molecule has 0 radical (unpaired) electrons. The summed E-state index contributed by atoms with van der Waals surface area (Å²) < 4.78 is 0. The zero-order valence-corrected chi connectivity index (χ0v) is 14.7. The van der Waals surface area contributed by atoms with Crippen molar-refractivity contribution in [3.8, 4) is 11.3 Å². The smallest absolute Gasteiger partial charge is 0.225 e. The number of likely N-dealkylation sites (tertiary alicyclic amines) is 1. The number of aromatic nitrogens is 2. The molecule has 0 amide bonds. The number of nitrogens with zero attached hydrogens (tertiary/aromatic N) is 5. The first-order valence-electron chi connectivity index (χ1n) is 8.68. The molecule has 2 aliphatic rings. The van der Waals surface area contributed by atoms with Crippen molar-refractivity contribution in [2.24, 2.45) is 5.92 Å². The second-order valence-electron chi connectivity index (χ2n) is 7.18.